The zero-order valence-corrected chi connectivity index (χ0v) is 14.2. The molecule has 132 valence electrons. The van der Waals surface area contributed by atoms with Crippen LogP contribution in [0.2, 0.25) is 0 Å². The molecule has 0 unspecified atom stereocenters. The number of methoxy groups -OCH3 is 1. The fourth-order valence-electron chi connectivity index (χ4n) is 2.89. The molecule has 1 aliphatic rings. The molecular formula is C17H24N2O5. The fourth-order valence-corrected chi connectivity index (χ4v) is 2.89. The van der Waals surface area contributed by atoms with E-state index in [9.17, 15) is 14.9 Å². The summed E-state index contributed by atoms with van der Waals surface area (Å²) < 4.78 is 10.8. The number of nitrogens with zero attached hydrogens (tertiary/aromatic N) is 2. The third-order valence-electron chi connectivity index (χ3n) is 4.10. The Morgan fingerprint density at radius 1 is 1.46 bits per heavy atom. The quantitative estimate of drug-likeness (QED) is 0.564. The second-order valence-corrected chi connectivity index (χ2v) is 5.88. The smallest absolute Gasteiger partial charge is 0.310 e. The van der Waals surface area contributed by atoms with Crippen molar-refractivity contribution in [1.82, 2.24) is 4.90 Å². The van der Waals surface area contributed by atoms with Crippen LogP contribution in [-0.2, 0) is 4.74 Å². The van der Waals surface area contributed by atoms with E-state index in [1.54, 1.807) is 4.90 Å². The van der Waals surface area contributed by atoms with E-state index in [2.05, 4.69) is 0 Å². The SMILES string of the molecule is CCCN(C[C@H]1CCCCO1)C(=O)c1ccc([N+](=O)[O-])c(OC)c1. The summed E-state index contributed by atoms with van der Waals surface area (Å²) in [6.45, 7) is 3.92. The molecule has 1 aromatic rings. The molecule has 0 N–H and O–H groups in total. The Labute approximate surface area is 141 Å². The number of carbonyl (C=O) groups excluding carboxylic acids is 1. The third-order valence-corrected chi connectivity index (χ3v) is 4.10. The minimum atomic E-state index is -0.521. The summed E-state index contributed by atoms with van der Waals surface area (Å²) in [4.78, 5) is 25.0. The van der Waals surface area contributed by atoms with E-state index in [1.165, 1.54) is 25.3 Å². The van der Waals surface area contributed by atoms with Crippen LogP contribution in [0.1, 0.15) is 43.0 Å². The van der Waals surface area contributed by atoms with Crippen LogP contribution in [-0.4, -0.2) is 48.6 Å². The molecule has 1 aliphatic heterocycles. The van der Waals surface area contributed by atoms with Gasteiger partial charge in [0.2, 0.25) is 0 Å². The summed E-state index contributed by atoms with van der Waals surface area (Å²) in [6, 6.07) is 4.23. The van der Waals surface area contributed by atoms with Gasteiger partial charge in [0, 0.05) is 37.4 Å². The first kappa shape index (κ1) is 18.2. The van der Waals surface area contributed by atoms with Gasteiger partial charge in [-0.1, -0.05) is 6.92 Å². The Balaban J connectivity index is 2.17. The molecular weight excluding hydrogens is 312 g/mol. The average Bonchev–Trinajstić information content (AvgIpc) is 2.61. The molecule has 2 rings (SSSR count). The van der Waals surface area contributed by atoms with Gasteiger partial charge in [0.1, 0.15) is 0 Å². The van der Waals surface area contributed by atoms with E-state index in [1.807, 2.05) is 6.92 Å². The van der Waals surface area contributed by atoms with Gasteiger partial charge in [0.15, 0.2) is 5.75 Å². The van der Waals surface area contributed by atoms with E-state index in [-0.39, 0.29) is 23.4 Å². The Hall–Kier alpha value is -2.15. The molecule has 1 aromatic carbocycles. The van der Waals surface area contributed by atoms with Crippen molar-refractivity contribution in [2.75, 3.05) is 26.8 Å². The second kappa shape index (κ2) is 8.63. The summed E-state index contributed by atoms with van der Waals surface area (Å²) in [5.41, 5.74) is 0.244. The summed E-state index contributed by atoms with van der Waals surface area (Å²) in [5, 5.41) is 11.0. The zero-order chi connectivity index (χ0) is 17.5. The first-order chi connectivity index (χ1) is 11.6. The van der Waals surface area contributed by atoms with Gasteiger partial charge in [-0.3, -0.25) is 14.9 Å². The maximum Gasteiger partial charge on any atom is 0.310 e. The summed E-state index contributed by atoms with van der Waals surface area (Å²) in [7, 11) is 1.36. The lowest BCUT2D eigenvalue weighted by molar-refractivity contribution is -0.385. The number of amides is 1. The number of rotatable bonds is 7. The molecule has 7 nitrogen and oxygen atoms in total. The van der Waals surface area contributed by atoms with Gasteiger partial charge in [0.25, 0.3) is 5.91 Å². The number of ether oxygens (including phenoxy) is 2. The van der Waals surface area contributed by atoms with Crippen molar-refractivity contribution in [2.45, 2.75) is 38.7 Å². The molecule has 0 aliphatic carbocycles. The third kappa shape index (κ3) is 4.44. The molecule has 1 amide bonds. The van der Waals surface area contributed by atoms with Gasteiger partial charge in [-0.15, -0.1) is 0 Å². The summed E-state index contributed by atoms with van der Waals surface area (Å²) >= 11 is 0. The first-order valence-electron chi connectivity index (χ1n) is 8.30. The number of carbonyl (C=O) groups is 1. The molecule has 1 fully saturated rings. The van der Waals surface area contributed by atoms with Crippen molar-refractivity contribution >= 4 is 11.6 Å². The molecule has 1 atom stereocenters. The van der Waals surface area contributed by atoms with E-state index in [4.69, 9.17) is 9.47 Å². The van der Waals surface area contributed by atoms with Crippen LogP contribution in [0, 0.1) is 10.1 Å². The number of hydrogen-bond acceptors (Lipinski definition) is 5. The van der Waals surface area contributed by atoms with Crippen molar-refractivity contribution in [1.29, 1.82) is 0 Å². The molecule has 0 saturated carbocycles. The molecule has 0 spiro atoms. The normalized spacial score (nSPS) is 17.3. The van der Waals surface area contributed by atoms with Crippen molar-refractivity contribution in [3.63, 3.8) is 0 Å². The van der Waals surface area contributed by atoms with Crippen molar-refractivity contribution < 1.29 is 19.2 Å². The highest BCUT2D eigenvalue weighted by Crippen LogP contribution is 2.28. The summed E-state index contributed by atoms with van der Waals surface area (Å²) in [6.07, 6.45) is 4.04. The van der Waals surface area contributed by atoms with Gasteiger partial charge < -0.3 is 14.4 Å². The monoisotopic (exact) mass is 336 g/mol. The van der Waals surface area contributed by atoms with Gasteiger partial charge in [0.05, 0.1) is 18.1 Å². The maximum absolute atomic E-state index is 12.8. The van der Waals surface area contributed by atoms with E-state index in [0.29, 0.717) is 18.7 Å². The number of nitro groups is 1. The number of hydrogen-bond donors (Lipinski definition) is 0. The minimum Gasteiger partial charge on any atom is -0.490 e. The highest BCUT2D eigenvalue weighted by molar-refractivity contribution is 5.95. The van der Waals surface area contributed by atoms with Gasteiger partial charge >= 0.3 is 5.69 Å². The molecule has 0 bridgehead atoms. The predicted molar refractivity (Wildman–Crippen MR) is 89.4 cm³/mol. The van der Waals surface area contributed by atoms with E-state index >= 15 is 0 Å². The van der Waals surface area contributed by atoms with Crippen LogP contribution in [0.25, 0.3) is 0 Å². The van der Waals surface area contributed by atoms with Gasteiger partial charge in [-0.25, -0.2) is 0 Å². The molecule has 0 aromatic heterocycles. The van der Waals surface area contributed by atoms with Crippen LogP contribution >= 0.6 is 0 Å². The molecule has 1 saturated heterocycles. The second-order valence-electron chi connectivity index (χ2n) is 5.88. The Bertz CT molecular complexity index is 584. The fraction of sp³-hybridized carbons (Fsp3) is 0.588. The van der Waals surface area contributed by atoms with Crippen LogP contribution in [0.4, 0.5) is 5.69 Å². The molecule has 24 heavy (non-hydrogen) atoms. The Morgan fingerprint density at radius 3 is 2.83 bits per heavy atom. The molecule has 0 radical (unpaired) electrons. The van der Waals surface area contributed by atoms with Crippen molar-refractivity contribution in [3.05, 3.63) is 33.9 Å². The first-order valence-corrected chi connectivity index (χ1v) is 8.30. The van der Waals surface area contributed by atoms with Crippen molar-refractivity contribution in [2.24, 2.45) is 0 Å². The lowest BCUT2D eigenvalue weighted by Crippen LogP contribution is -2.40. The minimum absolute atomic E-state index is 0.0641. The van der Waals surface area contributed by atoms with Gasteiger partial charge in [-0.2, -0.15) is 0 Å². The Kier molecular flexibility index (Phi) is 6.54. The van der Waals surface area contributed by atoms with Crippen LogP contribution in [0.3, 0.4) is 0 Å². The molecule has 1 heterocycles. The van der Waals surface area contributed by atoms with E-state index in [0.717, 1.165) is 32.3 Å². The number of benzene rings is 1. The predicted octanol–water partition coefficient (Wildman–Crippen LogP) is 3.02. The topological polar surface area (TPSA) is 81.9 Å². The average molecular weight is 336 g/mol. The highest BCUT2D eigenvalue weighted by Gasteiger charge is 2.24. The lowest BCUT2D eigenvalue weighted by atomic mass is 10.1. The Morgan fingerprint density at radius 2 is 2.25 bits per heavy atom. The highest BCUT2D eigenvalue weighted by atomic mass is 16.6. The standard InChI is InChI=1S/C17H24N2O5/c1-3-9-18(12-14-6-4-5-10-24-14)17(20)13-7-8-15(19(21)22)16(11-13)23-2/h7-8,11,14H,3-6,9-10,12H2,1-2H3/t14-/m1/s1. The van der Waals surface area contributed by atoms with Crippen LogP contribution < -0.4 is 4.74 Å². The zero-order valence-electron chi connectivity index (χ0n) is 14.2. The lowest BCUT2D eigenvalue weighted by Gasteiger charge is -2.30. The largest absolute Gasteiger partial charge is 0.490 e. The summed E-state index contributed by atoms with van der Waals surface area (Å²) in [5.74, 6) is -0.0598. The molecule has 7 heteroatoms. The van der Waals surface area contributed by atoms with Crippen LogP contribution in [0.5, 0.6) is 5.75 Å². The maximum atomic E-state index is 12.8. The van der Waals surface area contributed by atoms with Gasteiger partial charge in [-0.05, 0) is 31.7 Å². The van der Waals surface area contributed by atoms with Crippen LogP contribution in [0.15, 0.2) is 18.2 Å². The van der Waals surface area contributed by atoms with Crippen molar-refractivity contribution in [3.8, 4) is 5.75 Å². The van der Waals surface area contributed by atoms with E-state index < -0.39 is 4.92 Å². The number of nitro benzene ring substituents is 1.